The smallest absolute Gasteiger partial charge is 0.296 e. The van der Waals surface area contributed by atoms with Gasteiger partial charge in [-0.15, -0.1) is 0 Å². The number of hydrogen-bond acceptors (Lipinski definition) is 6. The van der Waals surface area contributed by atoms with Crippen molar-refractivity contribution in [2.24, 2.45) is 0 Å². The largest absolute Gasteiger partial charge is 0.362 e. The van der Waals surface area contributed by atoms with Crippen LogP contribution in [0.1, 0.15) is 109 Å². The van der Waals surface area contributed by atoms with E-state index in [4.69, 9.17) is 20.5 Å². The molecule has 0 unspecified atom stereocenters. The van der Waals surface area contributed by atoms with Crippen LogP contribution in [0.5, 0.6) is 0 Å². The molecule has 0 aliphatic carbocycles. The van der Waals surface area contributed by atoms with Gasteiger partial charge in [-0.2, -0.15) is 0 Å². The van der Waals surface area contributed by atoms with Crippen LogP contribution in [0, 0.1) is 0 Å². The van der Waals surface area contributed by atoms with Crippen LogP contribution < -0.4 is 20.8 Å². The van der Waals surface area contributed by atoms with Crippen molar-refractivity contribution in [1.82, 2.24) is 10.5 Å². The molecule has 176 valence electrons. The summed E-state index contributed by atoms with van der Waals surface area (Å²) in [5, 5.41) is 8.25. The molecule has 4 N–H and O–H groups in total. The first-order valence-electron chi connectivity index (χ1n) is 12.5. The summed E-state index contributed by atoms with van der Waals surface area (Å²) in [6, 6.07) is 0. The number of nitrogen functional groups attached to an aromatic ring is 2. The van der Waals surface area contributed by atoms with Gasteiger partial charge in [0.05, 0.1) is 0 Å². The Labute approximate surface area is 187 Å². The summed E-state index contributed by atoms with van der Waals surface area (Å²) in [5.41, 5.74) is 14.0. The predicted octanol–water partition coefficient (Wildman–Crippen LogP) is 4.30. The molecule has 0 saturated heterocycles. The van der Waals surface area contributed by atoms with Gasteiger partial charge in [0.15, 0.2) is 13.1 Å². The fraction of sp³-hybridized carbons (Fsp3) is 0.826. The Kier molecular flexibility index (Phi) is 12.0. The molecule has 2 rings (SSSR count). The lowest BCUT2D eigenvalue weighted by Gasteiger charge is -1.99. The molecule has 2 heterocycles. The Balaban J connectivity index is 1.76. The maximum Gasteiger partial charge on any atom is 0.296 e. The van der Waals surface area contributed by atoms with Crippen LogP contribution in [0.3, 0.4) is 0 Å². The molecule has 0 aromatic carbocycles. The fourth-order valence-corrected chi connectivity index (χ4v) is 4.01. The van der Waals surface area contributed by atoms with Crippen LogP contribution in [0.25, 0.3) is 0 Å². The highest BCUT2D eigenvalue weighted by molar-refractivity contribution is 5.27. The highest BCUT2D eigenvalue weighted by Crippen LogP contribution is 2.14. The third-order valence-corrected chi connectivity index (χ3v) is 5.94. The fourth-order valence-electron chi connectivity index (χ4n) is 4.01. The molecule has 2 aromatic heterocycles. The molecule has 0 aliphatic rings. The van der Waals surface area contributed by atoms with Gasteiger partial charge in [-0.3, -0.25) is 9.05 Å². The molecule has 0 bridgehead atoms. The lowest BCUT2D eigenvalue weighted by molar-refractivity contribution is -0.769. The van der Waals surface area contributed by atoms with E-state index in [0.717, 1.165) is 56.6 Å². The monoisotopic (exact) mass is 436 g/mol. The van der Waals surface area contributed by atoms with Crippen LogP contribution in [0.2, 0.25) is 0 Å². The second kappa shape index (κ2) is 14.8. The Morgan fingerprint density at radius 3 is 1.39 bits per heavy atom. The third kappa shape index (κ3) is 8.87. The van der Waals surface area contributed by atoms with E-state index in [0.29, 0.717) is 11.8 Å². The van der Waals surface area contributed by atoms with Crippen LogP contribution in [0.15, 0.2) is 9.05 Å². The van der Waals surface area contributed by atoms with Gasteiger partial charge in [-0.05, 0) is 28.6 Å². The zero-order valence-electron chi connectivity index (χ0n) is 19.8. The molecule has 0 amide bonds. The Morgan fingerprint density at radius 2 is 0.968 bits per heavy atom. The van der Waals surface area contributed by atoms with E-state index in [2.05, 4.69) is 24.4 Å². The van der Waals surface area contributed by atoms with Crippen molar-refractivity contribution in [2.45, 2.75) is 123 Å². The number of unbranched alkanes of at least 4 members (excludes halogenated alkanes) is 10. The second-order valence-corrected chi connectivity index (χ2v) is 8.60. The molecular formula is C23H44N6O2+2. The van der Waals surface area contributed by atoms with Gasteiger partial charge in [0, 0.05) is 25.7 Å². The average molecular weight is 437 g/mol. The molecule has 8 nitrogen and oxygen atoms in total. The average Bonchev–Trinajstić information content (AvgIpc) is 3.30. The molecule has 0 aliphatic heterocycles. The van der Waals surface area contributed by atoms with Crippen LogP contribution in [-0.2, 0) is 25.9 Å². The van der Waals surface area contributed by atoms with Gasteiger partial charge in [0.1, 0.15) is 0 Å². The van der Waals surface area contributed by atoms with E-state index in [-0.39, 0.29) is 0 Å². The maximum absolute atomic E-state index is 6.04. The van der Waals surface area contributed by atoms with Crippen molar-refractivity contribution in [1.29, 1.82) is 0 Å². The van der Waals surface area contributed by atoms with Crippen LogP contribution >= 0.6 is 0 Å². The van der Waals surface area contributed by atoms with Crippen molar-refractivity contribution >= 4 is 11.8 Å². The number of hydrogen-bond donors (Lipinski definition) is 2. The summed E-state index contributed by atoms with van der Waals surface area (Å²) in [4.78, 5) is 0. The van der Waals surface area contributed by atoms with Crippen LogP contribution in [0.4, 0.5) is 11.8 Å². The highest BCUT2D eigenvalue weighted by Gasteiger charge is 2.25. The predicted molar refractivity (Wildman–Crippen MR) is 121 cm³/mol. The van der Waals surface area contributed by atoms with Gasteiger partial charge in [0.2, 0.25) is 10.5 Å². The molecule has 0 spiro atoms. The summed E-state index contributed by atoms with van der Waals surface area (Å²) in [7, 11) is 0. The number of rotatable bonds is 18. The number of aromatic nitrogens is 4. The van der Waals surface area contributed by atoms with E-state index in [1.54, 1.807) is 0 Å². The first kappa shape index (κ1) is 25.1. The molecule has 0 radical (unpaired) electrons. The Hall–Kier alpha value is -2.12. The summed E-state index contributed by atoms with van der Waals surface area (Å²) in [6.45, 7) is 6.19. The molecule has 31 heavy (non-hydrogen) atoms. The topological polar surface area (TPSA) is 112 Å². The molecular weight excluding hydrogens is 392 g/mol. The van der Waals surface area contributed by atoms with Crippen molar-refractivity contribution in [3.8, 4) is 0 Å². The molecule has 0 atom stereocenters. The van der Waals surface area contributed by atoms with Gasteiger partial charge in [0.25, 0.3) is 23.2 Å². The minimum Gasteiger partial charge on any atom is -0.362 e. The zero-order chi connectivity index (χ0) is 22.3. The third-order valence-electron chi connectivity index (χ3n) is 5.94. The number of nitrogens with two attached hydrogens (primary N) is 2. The lowest BCUT2D eigenvalue weighted by Crippen LogP contribution is -2.40. The van der Waals surface area contributed by atoms with Gasteiger partial charge in [-0.25, -0.2) is 0 Å². The van der Waals surface area contributed by atoms with Crippen molar-refractivity contribution < 1.29 is 18.4 Å². The van der Waals surface area contributed by atoms with E-state index >= 15 is 0 Å². The van der Waals surface area contributed by atoms with E-state index in [1.165, 1.54) is 64.2 Å². The first-order valence-corrected chi connectivity index (χ1v) is 12.5. The molecule has 2 aromatic rings. The van der Waals surface area contributed by atoms with Gasteiger partial charge in [-0.1, -0.05) is 65.2 Å². The van der Waals surface area contributed by atoms with E-state index in [1.807, 2.05) is 9.36 Å². The van der Waals surface area contributed by atoms with Crippen molar-refractivity contribution in [2.75, 3.05) is 11.5 Å². The second-order valence-electron chi connectivity index (χ2n) is 8.60. The normalized spacial score (nSPS) is 11.4. The van der Waals surface area contributed by atoms with Crippen molar-refractivity contribution in [3.63, 3.8) is 0 Å². The first-order chi connectivity index (χ1) is 15.2. The van der Waals surface area contributed by atoms with E-state index < -0.39 is 0 Å². The summed E-state index contributed by atoms with van der Waals surface area (Å²) >= 11 is 0. The number of anilines is 2. The minimum absolute atomic E-state index is 0.421. The molecule has 0 fully saturated rings. The Morgan fingerprint density at radius 1 is 0.581 bits per heavy atom. The summed E-state index contributed by atoms with van der Waals surface area (Å²) < 4.78 is 14.4. The van der Waals surface area contributed by atoms with Gasteiger partial charge >= 0.3 is 0 Å². The summed E-state index contributed by atoms with van der Waals surface area (Å²) in [6.07, 6.45) is 17.5. The highest BCUT2D eigenvalue weighted by atomic mass is 16.5. The zero-order valence-corrected chi connectivity index (χ0v) is 19.8. The minimum atomic E-state index is 0.421. The lowest BCUT2D eigenvalue weighted by atomic mass is 10.1. The van der Waals surface area contributed by atoms with E-state index in [9.17, 15) is 0 Å². The SMILES string of the molecule is CCCCCCCC[n+]1noc(N)c1CCCc1c(N)on[n+]1CCCCCCCC. The van der Waals surface area contributed by atoms with Gasteiger partial charge < -0.3 is 11.5 Å². The Bertz CT molecular complexity index is 667. The number of nitrogens with zero attached hydrogens (tertiary/aromatic N) is 4. The van der Waals surface area contributed by atoms with Crippen LogP contribution in [-0.4, -0.2) is 10.5 Å². The number of aryl methyl sites for hydroxylation is 2. The van der Waals surface area contributed by atoms with Crippen molar-refractivity contribution in [3.05, 3.63) is 11.4 Å². The molecule has 8 heteroatoms. The summed E-state index contributed by atoms with van der Waals surface area (Å²) in [5.74, 6) is 0.841. The quantitative estimate of drug-likeness (QED) is 0.266. The molecule has 0 saturated carbocycles. The standard InChI is InChI=1S/C23H44N6O2/c1-3-5-7-9-11-13-18-28-20(22(24)30-26-28)16-15-17-21-23(25)31-27-29(21)19-14-12-10-8-6-4-2/h3-19,24-25H2,1-2H3/q+2. The maximum atomic E-state index is 6.04.